The molecule has 0 amide bonds. The Morgan fingerprint density at radius 2 is 1.67 bits per heavy atom. The maximum absolute atomic E-state index is 14.1. The molecule has 3 nitrogen and oxygen atoms in total. The quantitative estimate of drug-likeness (QED) is 0.523. The van der Waals surface area contributed by atoms with Gasteiger partial charge in [0, 0.05) is 29.4 Å². The van der Waals surface area contributed by atoms with Crippen LogP contribution in [0.25, 0.3) is 0 Å². The van der Waals surface area contributed by atoms with E-state index in [2.05, 4.69) is 0 Å². The predicted octanol–water partition coefficient (Wildman–Crippen LogP) is 4.92. The molecule has 6 heteroatoms. The van der Waals surface area contributed by atoms with Crippen LogP contribution < -0.4 is 0 Å². The van der Waals surface area contributed by atoms with Gasteiger partial charge in [-0.1, -0.05) is 11.6 Å². The first-order valence-corrected chi connectivity index (χ1v) is 7.88. The zero-order valence-corrected chi connectivity index (χ0v) is 14.1. The molecular formula is C18H17ClF2O3. The van der Waals surface area contributed by atoms with Gasteiger partial charge in [-0.3, -0.25) is 4.79 Å². The van der Waals surface area contributed by atoms with E-state index < -0.39 is 23.7 Å². The Morgan fingerprint density at radius 3 is 2.25 bits per heavy atom. The van der Waals surface area contributed by atoms with Gasteiger partial charge >= 0.3 is 0 Å². The highest BCUT2D eigenvalue weighted by Crippen LogP contribution is 2.27. The minimum absolute atomic E-state index is 0.115. The molecule has 0 aromatic heterocycles. The highest BCUT2D eigenvalue weighted by Gasteiger charge is 2.23. The SMILES string of the molecule is CCOC(OCC)c1cc(F)ccc1C(=O)c1ccc(Cl)cc1F. The van der Waals surface area contributed by atoms with Crippen molar-refractivity contribution in [3.05, 3.63) is 69.7 Å². The van der Waals surface area contributed by atoms with Crippen LogP contribution >= 0.6 is 11.6 Å². The van der Waals surface area contributed by atoms with Gasteiger partial charge in [0.1, 0.15) is 11.6 Å². The molecule has 2 aromatic carbocycles. The second kappa shape index (κ2) is 8.33. The van der Waals surface area contributed by atoms with E-state index in [1.54, 1.807) is 13.8 Å². The maximum atomic E-state index is 14.1. The van der Waals surface area contributed by atoms with Gasteiger partial charge < -0.3 is 9.47 Å². The largest absolute Gasteiger partial charge is 0.349 e. The molecule has 0 aliphatic rings. The summed E-state index contributed by atoms with van der Waals surface area (Å²) in [6.07, 6.45) is -0.912. The van der Waals surface area contributed by atoms with E-state index in [9.17, 15) is 13.6 Å². The molecule has 2 aromatic rings. The molecule has 0 radical (unpaired) electrons. The second-order valence-corrected chi connectivity index (χ2v) is 5.36. The molecular weight excluding hydrogens is 338 g/mol. The van der Waals surface area contributed by atoms with Crippen LogP contribution in [0.2, 0.25) is 5.02 Å². The van der Waals surface area contributed by atoms with Crippen LogP contribution in [0.4, 0.5) is 8.78 Å². The molecule has 0 aliphatic carbocycles. The van der Waals surface area contributed by atoms with Crippen molar-refractivity contribution < 1.29 is 23.0 Å². The van der Waals surface area contributed by atoms with Crippen molar-refractivity contribution in [2.24, 2.45) is 0 Å². The lowest BCUT2D eigenvalue weighted by Gasteiger charge is -2.20. The maximum Gasteiger partial charge on any atom is 0.196 e. The third-order valence-electron chi connectivity index (χ3n) is 3.32. The number of ether oxygens (including phenoxy) is 2. The van der Waals surface area contributed by atoms with Gasteiger partial charge in [0.25, 0.3) is 0 Å². The van der Waals surface area contributed by atoms with E-state index in [4.69, 9.17) is 21.1 Å². The fourth-order valence-corrected chi connectivity index (χ4v) is 2.44. The zero-order chi connectivity index (χ0) is 17.7. The summed E-state index contributed by atoms with van der Waals surface area (Å²) in [5, 5.41) is 0.185. The molecule has 0 aliphatic heterocycles. The van der Waals surface area contributed by atoms with Crippen LogP contribution in [-0.2, 0) is 9.47 Å². The van der Waals surface area contributed by atoms with E-state index in [0.717, 1.165) is 18.2 Å². The third kappa shape index (κ3) is 4.17. The summed E-state index contributed by atoms with van der Waals surface area (Å²) in [7, 11) is 0. The first-order chi connectivity index (χ1) is 11.5. The number of ketones is 1. The Morgan fingerprint density at radius 1 is 1.04 bits per heavy atom. The monoisotopic (exact) mass is 354 g/mol. The number of carbonyl (C=O) groups excluding carboxylic acids is 1. The van der Waals surface area contributed by atoms with Crippen molar-refractivity contribution in [3.8, 4) is 0 Å². The highest BCUT2D eigenvalue weighted by atomic mass is 35.5. The minimum Gasteiger partial charge on any atom is -0.349 e. The van der Waals surface area contributed by atoms with E-state index >= 15 is 0 Å². The summed E-state index contributed by atoms with van der Waals surface area (Å²) in [6.45, 7) is 4.13. The Bertz CT molecular complexity index is 728. The summed E-state index contributed by atoms with van der Waals surface area (Å²) in [6, 6.07) is 7.37. The highest BCUT2D eigenvalue weighted by molar-refractivity contribution is 6.30. The van der Waals surface area contributed by atoms with Crippen molar-refractivity contribution in [2.75, 3.05) is 13.2 Å². The molecule has 0 atom stereocenters. The molecule has 0 bridgehead atoms. The lowest BCUT2D eigenvalue weighted by molar-refractivity contribution is -0.140. The smallest absolute Gasteiger partial charge is 0.196 e. The molecule has 0 saturated heterocycles. The standard InChI is InChI=1S/C18H17ClF2O3/c1-3-23-18(24-4-2)15-10-12(20)6-8-13(15)17(22)14-7-5-11(19)9-16(14)21/h5-10,18H,3-4H2,1-2H3. The summed E-state index contributed by atoms with van der Waals surface area (Å²) in [5.41, 5.74) is 0.182. The second-order valence-electron chi connectivity index (χ2n) is 4.93. The van der Waals surface area contributed by atoms with Gasteiger partial charge in [0.2, 0.25) is 0 Å². The van der Waals surface area contributed by atoms with Crippen LogP contribution in [0.3, 0.4) is 0 Å². The van der Waals surface area contributed by atoms with Crippen LogP contribution in [0.1, 0.15) is 41.6 Å². The normalized spacial score (nSPS) is 11.1. The fraction of sp³-hybridized carbons (Fsp3) is 0.278. The van der Waals surface area contributed by atoms with Gasteiger partial charge in [-0.05, 0) is 50.2 Å². The predicted molar refractivity (Wildman–Crippen MR) is 87.2 cm³/mol. The summed E-state index contributed by atoms with van der Waals surface area (Å²) < 4.78 is 38.6. The van der Waals surface area contributed by atoms with Crippen molar-refractivity contribution in [3.63, 3.8) is 0 Å². The molecule has 0 spiro atoms. The number of rotatable bonds is 7. The molecule has 0 fully saturated rings. The first kappa shape index (κ1) is 18.5. The van der Waals surface area contributed by atoms with Crippen molar-refractivity contribution in [1.29, 1.82) is 0 Å². The average molecular weight is 355 g/mol. The fourth-order valence-electron chi connectivity index (χ4n) is 2.28. The molecule has 2 rings (SSSR count). The number of hydrogen-bond acceptors (Lipinski definition) is 3. The molecule has 0 heterocycles. The molecule has 24 heavy (non-hydrogen) atoms. The molecule has 128 valence electrons. The third-order valence-corrected chi connectivity index (χ3v) is 3.56. The van der Waals surface area contributed by atoms with Gasteiger partial charge in [-0.15, -0.1) is 0 Å². The molecule has 0 saturated carbocycles. The van der Waals surface area contributed by atoms with E-state index in [0.29, 0.717) is 13.2 Å². The molecule has 0 N–H and O–H groups in total. The Hall–Kier alpha value is -1.82. The van der Waals surface area contributed by atoms with Crippen LogP contribution in [0, 0.1) is 11.6 Å². The Balaban J connectivity index is 2.50. The van der Waals surface area contributed by atoms with E-state index in [-0.39, 0.29) is 21.7 Å². The lowest BCUT2D eigenvalue weighted by atomic mass is 9.97. The minimum atomic E-state index is -0.912. The van der Waals surface area contributed by atoms with Crippen LogP contribution in [-0.4, -0.2) is 19.0 Å². The Labute approximate surface area is 144 Å². The van der Waals surface area contributed by atoms with Crippen LogP contribution in [0.15, 0.2) is 36.4 Å². The first-order valence-electron chi connectivity index (χ1n) is 7.50. The lowest BCUT2D eigenvalue weighted by Crippen LogP contribution is -2.15. The van der Waals surface area contributed by atoms with Crippen LogP contribution in [0.5, 0.6) is 0 Å². The Kier molecular flexibility index (Phi) is 6.43. The average Bonchev–Trinajstić information content (AvgIpc) is 2.54. The van der Waals surface area contributed by atoms with E-state index in [1.807, 2.05) is 0 Å². The number of benzene rings is 2. The van der Waals surface area contributed by atoms with Gasteiger partial charge in [0.05, 0.1) is 5.56 Å². The van der Waals surface area contributed by atoms with Crippen molar-refractivity contribution in [1.82, 2.24) is 0 Å². The number of halogens is 3. The zero-order valence-electron chi connectivity index (χ0n) is 13.3. The van der Waals surface area contributed by atoms with E-state index in [1.165, 1.54) is 18.2 Å². The van der Waals surface area contributed by atoms with Crippen molar-refractivity contribution in [2.45, 2.75) is 20.1 Å². The van der Waals surface area contributed by atoms with Gasteiger partial charge in [-0.25, -0.2) is 8.78 Å². The summed E-state index contributed by atoms with van der Waals surface area (Å²) in [5.74, 6) is -1.88. The van der Waals surface area contributed by atoms with Crippen molar-refractivity contribution >= 4 is 17.4 Å². The number of carbonyl (C=O) groups is 1. The van der Waals surface area contributed by atoms with Gasteiger partial charge in [-0.2, -0.15) is 0 Å². The summed E-state index contributed by atoms with van der Waals surface area (Å²) >= 11 is 5.71. The number of hydrogen-bond donors (Lipinski definition) is 0. The van der Waals surface area contributed by atoms with Gasteiger partial charge in [0.15, 0.2) is 12.1 Å². The summed E-state index contributed by atoms with van der Waals surface area (Å²) in [4.78, 5) is 12.7. The topological polar surface area (TPSA) is 35.5 Å². The molecule has 0 unspecified atom stereocenters.